The van der Waals surface area contributed by atoms with Crippen molar-refractivity contribution >= 4 is 0 Å². The van der Waals surface area contributed by atoms with Crippen LogP contribution in [-0.2, 0) is 22.6 Å². The van der Waals surface area contributed by atoms with Crippen LogP contribution in [0.5, 0.6) is 0 Å². The van der Waals surface area contributed by atoms with Gasteiger partial charge in [-0.2, -0.15) is 0 Å². The average Bonchev–Trinajstić information content (AvgIpc) is 3.20. The molecule has 5 atom stereocenters. The van der Waals surface area contributed by atoms with Crippen LogP contribution in [0.15, 0.2) is 48.5 Å². The Labute approximate surface area is 178 Å². The van der Waals surface area contributed by atoms with Crippen molar-refractivity contribution in [3.8, 4) is 0 Å². The Hall–Kier alpha value is -1.80. The van der Waals surface area contributed by atoms with Crippen molar-refractivity contribution in [2.45, 2.75) is 51.1 Å². The van der Waals surface area contributed by atoms with E-state index < -0.39 is 6.29 Å². The van der Waals surface area contributed by atoms with Gasteiger partial charge in [0, 0.05) is 37.7 Å². The van der Waals surface area contributed by atoms with E-state index >= 15 is 0 Å². The SMILES string of the molecule is CC1C(CN2CCC(O)C2)OC(c2ccc(CN)cc2)OC1c1ccc(CO)cc1. The monoisotopic (exact) mass is 412 g/mol. The summed E-state index contributed by atoms with van der Waals surface area (Å²) in [6, 6.07) is 16.0. The van der Waals surface area contributed by atoms with E-state index in [1.165, 1.54) is 0 Å². The summed E-state index contributed by atoms with van der Waals surface area (Å²) >= 11 is 0. The summed E-state index contributed by atoms with van der Waals surface area (Å²) in [6.07, 6.45) is -0.0447. The zero-order valence-electron chi connectivity index (χ0n) is 17.5. The predicted octanol–water partition coefficient (Wildman–Crippen LogP) is 2.50. The topological polar surface area (TPSA) is 88.2 Å². The maximum absolute atomic E-state index is 9.92. The summed E-state index contributed by atoms with van der Waals surface area (Å²) in [6.45, 7) is 5.04. The van der Waals surface area contributed by atoms with Crippen LogP contribution in [0.2, 0.25) is 0 Å². The first-order valence-corrected chi connectivity index (χ1v) is 10.8. The molecule has 0 amide bonds. The van der Waals surface area contributed by atoms with Gasteiger partial charge in [-0.1, -0.05) is 55.5 Å². The molecule has 4 rings (SSSR count). The Balaban J connectivity index is 1.58. The van der Waals surface area contributed by atoms with Crippen LogP contribution in [0.3, 0.4) is 0 Å². The van der Waals surface area contributed by atoms with Crippen molar-refractivity contribution in [1.82, 2.24) is 4.90 Å². The number of nitrogens with zero attached hydrogens (tertiary/aromatic N) is 1. The van der Waals surface area contributed by atoms with E-state index in [1.807, 2.05) is 48.5 Å². The number of aliphatic hydroxyl groups excluding tert-OH is 2. The third-order valence-electron chi connectivity index (χ3n) is 6.30. The van der Waals surface area contributed by atoms with E-state index in [2.05, 4.69) is 11.8 Å². The number of ether oxygens (including phenoxy) is 2. The molecule has 6 heteroatoms. The smallest absolute Gasteiger partial charge is 0.184 e. The molecule has 5 unspecified atom stereocenters. The lowest BCUT2D eigenvalue weighted by atomic mass is 9.90. The molecule has 2 aromatic rings. The Bertz CT molecular complexity index is 811. The summed E-state index contributed by atoms with van der Waals surface area (Å²) < 4.78 is 12.9. The number of nitrogens with two attached hydrogens (primary N) is 1. The van der Waals surface area contributed by atoms with Crippen molar-refractivity contribution in [3.63, 3.8) is 0 Å². The van der Waals surface area contributed by atoms with Crippen LogP contribution < -0.4 is 5.73 Å². The van der Waals surface area contributed by atoms with Gasteiger partial charge in [0.2, 0.25) is 0 Å². The van der Waals surface area contributed by atoms with E-state index in [-0.39, 0.29) is 30.8 Å². The van der Waals surface area contributed by atoms with Crippen LogP contribution in [0.4, 0.5) is 0 Å². The van der Waals surface area contributed by atoms with E-state index in [9.17, 15) is 10.2 Å². The van der Waals surface area contributed by atoms with Gasteiger partial charge in [0.1, 0.15) is 0 Å². The van der Waals surface area contributed by atoms with E-state index in [4.69, 9.17) is 15.2 Å². The Morgan fingerprint density at radius 1 is 1.00 bits per heavy atom. The number of aliphatic hydroxyl groups is 2. The molecule has 0 radical (unpaired) electrons. The zero-order valence-corrected chi connectivity index (χ0v) is 17.5. The molecule has 2 aliphatic rings. The van der Waals surface area contributed by atoms with Crippen molar-refractivity contribution in [1.29, 1.82) is 0 Å². The lowest BCUT2D eigenvalue weighted by Crippen LogP contribution is -2.44. The molecule has 0 saturated carbocycles. The minimum Gasteiger partial charge on any atom is -0.392 e. The first-order chi connectivity index (χ1) is 14.6. The van der Waals surface area contributed by atoms with Crippen LogP contribution in [0.25, 0.3) is 0 Å². The molecule has 0 aromatic heterocycles. The number of rotatable bonds is 6. The van der Waals surface area contributed by atoms with Gasteiger partial charge in [-0.25, -0.2) is 0 Å². The number of hydrogen-bond acceptors (Lipinski definition) is 6. The highest BCUT2D eigenvalue weighted by Crippen LogP contribution is 2.42. The maximum atomic E-state index is 9.92. The van der Waals surface area contributed by atoms with Crippen molar-refractivity contribution in [3.05, 3.63) is 70.8 Å². The Morgan fingerprint density at radius 3 is 2.27 bits per heavy atom. The molecule has 162 valence electrons. The molecular weight excluding hydrogens is 380 g/mol. The highest BCUT2D eigenvalue weighted by Gasteiger charge is 2.39. The van der Waals surface area contributed by atoms with Gasteiger partial charge in [-0.05, 0) is 23.1 Å². The lowest BCUT2D eigenvalue weighted by Gasteiger charge is -2.42. The molecule has 0 spiro atoms. The van der Waals surface area contributed by atoms with Gasteiger partial charge in [-0.3, -0.25) is 4.90 Å². The molecular formula is C24H32N2O4. The number of β-amino-alcohol motifs (C(OH)–C–C–N with tert-alkyl or cyclic N) is 1. The van der Waals surface area contributed by atoms with Gasteiger partial charge >= 0.3 is 0 Å². The van der Waals surface area contributed by atoms with Gasteiger partial charge in [0.05, 0.1) is 24.9 Å². The largest absolute Gasteiger partial charge is 0.392 e. The fourth-order valence-electron chi connectivity index (χ4n) is 4.37. The van der Waals surface area contributed by atoms with Crippen molar-refractivity contribution in [2.24, 2.45) is 11.7 Å². The van der Waals surface area contributed by atoms with Gasteiger partial charge in [0.25, 0.3) is 0 Å². The van der Waals surface area contributed by atoms with Crippen LogP contribution in [-0.4, -0.2) is 47.0 Å². The summed E-state index contributed by atoms with van der Waals surface area (Å²) in [5.41, 5.74) is 9.75. The first-order valence-electron chi connectivity index (χ1n) is 10.8. The number of likely N-dealkylation sites (tertiary alicyclic amines) is 1. The molecule has 2 aliphatic heterocycles. The normalized spacial score (nSPS) is 29.9. The summed E-state index contributed by atoms with van der Waals surface area (Å²) in [5.74, 6) is 0.141. The molecule has 6 nitrogen and oxygen atoms in total. The molecule has 0 aliphatic carbocycles. The predicted molar refractivity (Wildman–Crippen MR) is 114 cm³/mol. The van der Waals surface area contributed by atoms with Crippen molar-refractivity contribution in [2.75, 3.05) is 19.6 Å². The molecule has 2 heterocycles. The minimum absolute atomic E-state index is 0.0225. The Kier molecular flexibility index (Phi) is 6.83. The standard InChI is InChI=1S/C24H32N2O4/c1-16-22(14-26-11-10-21(28)13-26)29-24(20-8-2-17(12-25)3-9-20)30-23(16)19-6-4-18(15-27)5-7-19/h2-9,16,21-24,27-28H,10-15,25H2,1H3. The van der Waals surface area contributed by atoms with E-state index in [0.29, 0.717) is 13.1 Å². The Morgan fingerprint density at radius 2 is 1.67 bits per heavy atom. The molecule has 0 bridgehead atoms. The average molecular weight is 413 g/mol. The van der Waals surface area contributed by atoms with E-state index in [1.54, 1.807) is 0 Å². The van der Waals surface area contributed by atoms with Crippen LogP contribution in [0.1, 0.15) is 48.0 Å². The quantitative estimate of drug-likeness (QED) is 0.676. The number of hydrogen-bond donors (Lipinski definition) is 3. The second kappa shape index (κ2) is 9.56. The van der Waals surface area contributed by atoms with E-state index in [0.717, 1.165) is 41.8 Å². The van der Waals surface area contributed by atoms with Crippen molar-refractivity contribution < 1.29 is 19.7 Å². The summed E-state index contributed by atoms with van der Waals surface area (Å²) in [4.78, 5) is 2.28. The summed E-state index contributed by atoms with van der Waals surface area (Å²) in [5, 5.41) is 19.3. The lowest BCUT2D eigenvalue weighted by molar-refractivity contribution is -0.276. The highest BCUT2D eigenvalue weighted by molar-refractivity contribution is 5.27. The highest BCUT2D eigenvalue weighted by atomic mass is 16.7. The molecule has 2 aromatic carbocycles. The molecule has 4 N–H and O–H groups in total. The molecule has 30 heavy (non-hydrogen) atoms. The second-order valence-electron chi connectivity index (χ2n) is 8.47. The fraction of sp³-hybridized carbons (Fsp3) is 0.500. The van der Waals surface area contributed by atoms with Crippen LogP contribution in [0, 0.1) is 5.92 Å². The molecule has 2 saturated heterocycles. The zero-order chi connectivity index (χ0) is 21.1. The molecule has 2 fully saturated rings. The second-order valence-corrected chi connectivity index (χ2v) is 8.47. The summed E-state index contributed by atoms with van der Waals surface area (Å²) in [7, 11) is 0. The van der Waals surface area contributed by atoms with Crippen LogP contribution >= 0.6 is 0 Å². The number of benzene rings is 2. The van der Waals surface area contributed by atoms with Gasteiger partial charge < -0.3 is 25.4 Å². The third kappa shape index (κ3) is 4.75. The fourth-order valence-corrected chi connectivity index (χ4v) is 4.37. The van der Waals surface area contributed by atoms with Gasteiger partial charge in [-0.15, -0.1) is 0 Å². The maximum Gasteiger partial charge on any atom is 0.184 e. The van der Waals surface area contributed by atoms with Gasteiger partial charge in [0.15, 0.2) is 6.29 Å². The first kappa shape index (κ1) is 21.4. The third-order valence-corrected chi connectivity index (χ3v) is 6.30. The minimum atomic E-state index is -0.465.